The molecule has 3 heteroatoms. The molecule has 0 amide bonds. The molecule has 0 bridgehead atoms. The summed E-state index contributed by atoms with van der Waals surface area (Å²) in [4.78, 5) is 1.10. The minimum Gasteiger partial charge on any atom is -0.325 e. The number of nitrogens with two attached hydrogens (primary N) is 1. The molecule has 2 aliphatic rings. The lowest BCUT2D eigenvalue weighted by molar-refractivity contribution is 0.494. The van der Waals surface area contributed by atoms with Gasteiger partial charge in [-0.1, -0.05) is 6.07 Å². The molecule has 1 unspecified atom stereocenters. The molecule has 1 saturated carbocycles. The molecule has 80 valence electrons. The van der Waals surface area contributed by atoms with Gasteiger partial charge in [-0.3, -0.25) is 0 Å². The second-order valence-electron chi connectivity index (χ2n) is 4.61. The Hall–Kier alpha value is -0.540. The molecule has 1 aliphatic heterocycles. The number of hydrogen-bond donors (Lipinski definition) is 1. The molecule has 1 aromatic rings. The molecule has 1 nitrogen and oxygen atoms in total. The van der Waals surface area contributed by atoms with Gasteiger partial charge in [0.15, 0.2) is 0 Å². The summed E-state index contributed by atoms with van der Waals surface area (Å²) < 4.78 is 13.1. The van der Waals surface area contributed by atoms with Crippen LogP contribution in [0.4, 0.5) is 4.39 Å². The number of halogens is 1. The first-order chi connectivity index (χ1) is 7.19. The predicted molar refractivity (Wildman–Crippen MR) is 60.6 cm³/mol. The maximum Gasteiger partial charge on any atom is 0.124 e. The maximum atomic E-state index is 13.1. The predicted octanol–water partition coefficient (Wildman–Crippen LogP) is 2.90. The minimum atomic E-state index is -0.135. The van der Waals surface area contributed by atoms with Crippen molar-refractivity contribution < 1.29 is 4.39 Å². The normalized spacial score (nSPS) is 27.2. The van der Waals surface area contributed by atoms with Crippen LogP contribution in [0.25, 0.3) is 0 Å². The van der Waals surface area contributed by atoms with Gasteiger partial charge in [0.05, 0.1) is 0 Å². The molecule has 0 spiro atoms. The van der Waals surface area contributed by atoms with Crippen LogP contribution in [-0.4, -0.2) is 11.3 Å². The van der Waals surface area contributed by atoms with Gasteiger partial charge in [0, 0.05) is 16.4 Å². The van der Waals surface area contributed by atoms with Gasteiger partial charge in [-0.15, -0.1) is 11.8 Å². The van der Waals surface area contributed by atoms with Crippen LogP contribution in [0.3, 0.4) is 0 Å². The number of hydrogen-bond acceptors (Lipinski definition) is 2. The van der Waals surface area contributed by atoms with Gasteiger partial charge in [0.25, 0.3) is 0 Å². The summed E-state index contributed by atoms with van der Waals surface area (Å²) in [5.74, 6) is 1.39. The van der Waals surface area contributed by atoms with Crippen LogP contribution >= 0.6 is 11.8 Å². The van der Waals surface area contributed by atoms with E-state index in [9.17, 15) is 4.39 Å². The van der Waals surface area contributed by atoms with Crippen molar-refractivity contribution in [1.29, 1.82) is 0 Å². The first kappa shape index (κ1) is 9.67. The highest BCUT2D eigenvalue weighted by atomic mass is 32.2. The first-order valence-corrected chi connectivity index (χ1v) is 6.39. The van der Waals surface area contributed by atoms with Crippen LogP contribution < -0.4 is 5.73 Å². The summed E-state index contributed by atoms with van der Waals surface area (Å²) in [6, 6.07) is 5.13. The van der Waals surface area contributed by atoms with Gasteiger partial charge in [-0.25, -0.2) is 4.39 Å². The Morgan fingerprint density at radius 1 is 1.40 bits per heavy atom. The fourth-order valence-electron chi connectivity index (χ4n) is 2.45. The van der Waals surface area contributed by atoms with Gasteiger partial charge in [0.1, 0.15) is 5.82 Å². The number of thioether (sulfide) groups is 1. The van der Waals surface area contributed by atoms with E-state index in [1.54, 1.807) is 23.9 Å². The minimum absolute atomic E-state index is 0.0214. The van der Waals surface area contributed by atoms with Gasteiger partial charge in [0.2, 0.25) is 0 Å². The van der Waals surface area contributed by atoms with Gasteiger partial charge in [-0.2, -0.15) is 0 Å². The van der Waals surface area contributed by atoms with E-state index >= 15 is 0 Å². The number of benzene rings is 1. The largest absolute Gasteiger partial charge is 0.325 e. The van der Waals surface area contributed by atoms with E-state index in [4.69, 9.17) is 5.73 Å². The Morgan fingerprint density at radius 3 is 2.93 bits per heavy atom. The van der Waals surface area contributed by atoms with E-state index < -0.39 is 0 Å². The second-order valence-corrected chi connectivity index (χ2v) is 5.74. The van der Waals surface area contributed by atoms with Crippen molar-refractivity contribution in [2.45, 2.75) is 35.6 Å². The molecule has 2 N–H and O–H groups in total. The van der Waals surface area contributed by atoms with Gasteiger partial charge in [-0.05, 0) is 42.7 Å². The Labute approximate surface area is 93.2 Å². The maximum absolute atomic E-state index is 13.1. The highest BCUT2D eigenvalue weighted by Crippen LogP contribution is 2.51. The third kappa shape index (κ3) is 1.58. The first-order valence-electron chi connectivity index (χ1n) is 5.40. The molecular weight excluding hydrogens is 209 g/mol. The molecule has 1 heterocycles. The zero-order chi connectivity index (χ0) is 10.5. The van der Waals surface area contributed by atoms with E-state index in [0.717, 1.165) is 29.9 Å². The average molecular weight is 223 g/mol. The van der Waals surface area contributed by atoms with Crippen LogP contribution in [0, 0.1) is 5.82 Å². The second kappa shape index (κ2) is 3.22. The molecule has 1 fully saturated rings. The van der Waals surface area contributed by atoms with Crippen molar-refractivity contribution in [2.24, 2.45) is 5.73 Å². The van der Waals surface area contributed by atoms with E-state index in [2.05, 4.69) is 0 Å². The molecular formula is C12H14FNS. The number of fused-ring (bicyclic) bond motifs is 1. The lowest BCUT2D eigenvalue weighted by Crippen LogP contribution is -2.32. The summed E-state index contributed by atoms with van der Waals surface area (Å²) in [6.45, 7) is 0. The van der Waals surface area contributed by atoms with Crippen LogP contribution in [-0.2, 0) is 0 Å². The van der Waals surface area contributed by atoms with Crippen molar-refractivity contribution in [3.63, 3.8) is 0 Å². The van der Waals surface area contributed by atoms with E-state index in [0.29, 0.717) is 5.92 Å². The van der Waals surface area contributed by atoms with Crippen LogP contribution in [0.1, 0.15) is 30.7 Å². The van der Waals surface area contributed by atoms with Gasteiger partial charge >= 0.3 is 0 Å². The van der Waals surface area contributed by atoms with Crippen LogP contribution in [0.2, 0.25) is 0 Å². The van der Waals surface area contributed by atoms with Crippen molar-refractivity contribution in [3.8, 4) is 0 Å². The summed E-state index contributed by atoms with van der Waals surface area (Å²) in [6.07, 6.45) is 3.39. The fourth-order valence-corrected chi connectivity index (χ4v) is 3.60. The molecule has 1 atom stereocenters. The quantitative estimate of drug-likeness (QED) is 0.792. The van der Waals surface area contributed by atoms with Crippen LogP contribution in [0.5, 0.6) is 0 Å². The van der Waals surface area contributed by atoms with E-state index in [1.807, 2.05) is 6.07 Å². The fraction of sp³-hybridized carbons (Fsp3) is 0.500. The molecule has 0 radical (unpaired) electrons. The highest BCUT2D eigenvalue weighted by Gasteiger charge is 2.47. The smallest absolute Gasteiger partial charge is 0.124 e. The third-order valence-corrected chi connectivity index (χ3v) is 4.64. The van der Waals surface area contributed by atoms with E-state index in [1.165, 1.54) is 5.56 Å². The van der Waals surface area contributed by atoms with Crippen molar-refractivity contribution >= 4 is 11.8 Å². The van der Waals surface area contributed by atoms with Gasteiger partial charge < -0.3 is 5.73 Å². The molecule has 0 aromatic heterocycles. The van der Waals surface area contributed by atoms with Crippen LogP contribution in [0.15, 0.2) is 23.1 Å². The summed E-state index contributed by atoms with van der Waals surface area (Å²) in [5.41, 5.74) is 7.56. The monoisotopic (exact) mass is 223 g/mol. The topological polar surface area (TPSA) is 26.0 Å². The lowest BCUT2D eigenvalue weighted by Gasteiger charge is -2.29. The highest BCUT2D eigenvalue weighted by molar-refractivity contribution is 7.99. The lowest BCUT2D eigenvalue weighted by atomic mass is 9.87. The molecule has 3 rings (SSSR count). The zero-order valence-electron chi connectivity index (χ0n) is 8.50. The summed E-state index contributed by atoms with van der Waals surface area (Å²) in [7, 11) is 0. The van der Waals surface area contributed by atoms with Crippen molar-refractivity contribution in [1.82, 2.24) is 0 Å². The summed E-state index contributed by atoms with van der Waals surface area (Å²) >= 11 is 1.75. The van der Waals surface area contributed by atoms with Crippen molar-refractivity contribution in [2.75, 3.05) is 5.75 Å². The Morgan fingerprint density at radius 2 is 2.20 bits per heavy atom. The summed E-state index contributed by atoms with van der Waals surface area (Å²) in [5, 5.41) is 0. The Balaban J connectivity index is 2.03. The molecule has 15 heavy (non-hydrogen) atoms. The molecule has 1 aromatic carbocycles. The molecule has 1 aliphatic carbocycles. The van der Waals surface area contributed by atoms with Crippen molar-refractivity contribution in [3.05, 3.63) is 29.6 Å². The van der Waals surface area contributed by atoms with E-state index in [-0.39, 0.29) is 11.4 Å². The average Bonchev–Trinajstić information content (AvgIpc) is 2.96. The SMILES string of the molecule is NC1(C2CCSc3cc(F)ccc32)CC1. The zero-order valence-corrected chi connectivity index (χ0v) is 9.32. The molecule has 0 saturated heterocycles. The standard InChI is InChI=1S/C12H14FNS/c13-8-1-2-9-10(12(14)4-5-12)3-6-15-11(9)7-8/h1-2,7,10H,3-6,14H2. The third-order valence-electron chi connectivity index (χ3n) is 3.54. The Bertz CT molecular complexity index is 401. The number of rotatable bonds is 1. The Kier molecular flexibility index (Phi) is 2.08.